The van der Waals surface area contributed by atoms with Crippen LogP contribution in [0.5, 0.6) is 5.88 Å². The highest BCUT2D eigenvalue weighted by molar-refractivity contribution is 5.65. The Morgan fingerprint density at radius 3 is 2.79 bits per heavy atom. The van der Waals surface area contributed by atoms with Crippen molar-refractivity contribution in [2.24, 2.45) is 0 Å². The van der Waals surface area contributed by atoms with E-state index in [0.29, 0.717) is 37.6 Å². The topological polar surface area (TPSA) is 100 Å². The number of ether oxygens (including phenoxy) is 1. The Morgan fingerprint density at radius 1 is 1.29 bits per heavy atom. The molecule has 0 bridgehead atoms. The van der Waals surface area contributed by atoms with Gasteiger partial charge in [0.1, 0.15) is 18.2 Å². The number of nitrogens with one attached hydrogen (secondary N) is 1. The Bertz CT molecular complexity index is 716. The molecule has 1 fully saturated rings. The summed E-state index contributed by atoms with van der Waals surface area (Å²) < 4.78 is 5.86. The summed E-state index contributed by atoms with van der Waals surface area (Å²) in [5, 5.41) is 12.1. The molecular weight excluding hydrogens is 310 g/mol. The van der Waals surface area contributed by atoms with Crippen molar-refractivity contribution in [1.29, 1.82) is 0 Å². The molecule has 0 radical (unpaired) electrons. The van der Waals surface area contributed by atoms with Crippen LogP contribution in [0.4, 0.5) is 16.3 Å². The molecule has 1 aliphatic rings. The lowest BCUT2D eigenvalue weighted by Gasteiger charge is -2.29. The molecule has 0 aromatic carbocycles. The molecule has 1 amide bonds. The Kier molecular flexibility index (Phi) is 4.74. The van der Waals surface area contributed by atoms with Crippen LogP contribution >= 0.6 is 0 Å². The lowest BCUT2D eigenvalue weighted by Crippen LogP contribution is -2.41. The van der Waals surface area contributed by atoms with E-state index in [-0.39, 0.29) is 6.10 Å². The highest BCUT2D eigenvalue weighted by Gasteiger charge is 2.23. The Balaban J connectivity index is 1.60. The molecular formula is C16H19N5O3. The Morgan fingerprint density at radius 2 is 2.08 bits per heavy atom. The number of hydrogen-bond acceptors (Lipinski definition) is 6. The number of rotatable bonds is 4. The molecule has 3 rings (SSSR count). The number of carbonyl (C=O) groups is 1. The fourth-order valence-corrected chi connectivity index (χ4v) is 2.58. The van der Waals surface area contributed by atoms with Gasteiger partial charge < -0.3 is 20.1 Å². The maximum atomic E-state index is 10.9. The van der Waals surface area contributed by atoms with Gasteiger partial charge in [0.05, 0.1) is 0 Å². The number of pyridine rings is 1. The van der Waals surface area contributed by atoms with Gasteiger partial charge in [0, 0.05) is 49.6 Å². The van der Waals surface area contributed by atoms with Gasteiger partial charge in [-0.15, -0.1) is 0 Å². The SMILES string of the molecule is Cc1cc(Nc2cc(OC3CCN(C(=O)O)CC3)ncn2)ccn1. The number of nitrogens with zero attached hydrogens (tertiary/aromatic N) is 4. The second kappa shape index (κ2) is 7.12. The zero-order valence-corrected chi connectivity index (χ0v) is 13.3. The number of aryl methyl sites for hydroxylation is 1. The van der Waals surface area contributed by atoms with E-state index in [9.17, 15) is 4.79 Å². The molecule has 0 unspecified atom stereocenters. The summed E-state index contributed by atoms with van der Waals surface area (Å²) in [6, 6.07) is 5.51. The Hall–Kier alpha value is -2.90. The minimum atomic E-state index is -0.880. The van der Waals surface area contributed by atoms with Gasteiger partial charge in [-0.05, 0) is 19.1 Å². The van der Waals surface area contributed by atoms with Crippen LogP contribution in [0, 0.1) is 6.92 Å². The normalized spacial score (nSPS) is 15.1. The molecule has 0 atom stereocenters. The minimum absolute atomic E-state index is 0.0356. The van der Waals surface area contributed by atoms with Crippen molar-refractivity contribution < 1.29 is 14.6 Å². The first-order chi connectivity index (χ1) is 11.6. The van der Waals surface area contributed by atoms with Crippen LogP contribution in [0.15, 0.2) is 30.7 Å². The largest absolute Gasteiger partial charge is 0.474 e. The predicted octanol–water partition coefficient (Wildman–Crippen LogP) is 2.44. The summed E-state index contributed by atoms with van der Waals surface area (Å²) in [5.74, 6) is 1.11. The lowest BCUT2D eigenvalue weighted by atomic mass is 10.1. The van der Waals surface area contributed by atoms with Gasteiger partial charge in [-0.25, -0.2) is 14.8 Å². The Labute approximate surface area is 139 Å². The highest BCUT2D eigenvalue weighted by Crippen LogP contribution is 2.21. The molecule has 0 saturated carbocycles. The van der Waals surface area contributed by atoms with Crippen LogP contribution in [-0.2, 0) is 0 Å². The number of carboxylic acid groups (broad SMARTS) is 1. The second-order valence-electron chi connectivity index (χ2n) is 5.64. The summed E-state index contributed by atoms with van der Waals surface area (Å²) in [6.45, 7) is 2.88. The van der Waals surface area contributed by atoms with E-state index in [1.165, 1.54) is 11.2 Å². The van der Waals surface area contributed by atoms with Crippen molar-refractivity contribution in [1.82, 2.24) is 19.9 Å². The monoisotopic (exact) mass is 329 g/mol. The molecule has 2 N–H and O–H groups in total. The van der Waals surface area contributed by atoms with E-state index in [2.05, 4.69) is 20.3 Å². The maximum Gasteiger partial charge on any atom is 0.407 e. The van der Waals surface area contributed by atoms with Crippen molar-refractivity contribution in [2.45, 2.75) is 25.9 Å². The molecule has 2 aromatic rings. The van der Waals surface area contributed by atoms with Gasteiger partial charge in [0.15, 0.2) is 0 Å². The first-order valence-electron chi connectivity index (χ1n) is 7.76. The number of amides is 1. The van der Waals surface area contributed by atoms with Gasteiger partial charge in [0.2, 0.25) is 5.88 Å². The first-order valence-corrected chi connectivity index (χ1v) is 7.76. The second-order valence-corrected chi connectivity index (χ2v) is 5.64. The molecule has 8 heteroatoms. The van der Waals surface area contributed by atoms with Crippen LogP contribution in [0.25, 0.3) is 0 Å². The molecule has 1 saturated heterocycles. The van der Waals surface area contributed by atoms with Gasteiger partial charge in [-0.2, -0.15) is 0 Å². The molecule has 1 aliphatic heterocycles. The third kappa shape index (κ3) is 4.09. The van der Waals surface area contributed by atoms with Crippen LogP contribution < -0.4 is 10.1 Å². The summed E-state index contributed by atoms with van der Waals surface area (Å²) in [7, 11) is 0. The number of anilines is 2. The van der Waals surface area contributed by atoms with Crippen molar-refractivity contribution in [3.8, 4) is 5.88 Å². The van der Waals surface area contributed by atoms with Crippen LogP contribution in [0.1, 0.15) is 18.5 Å². The van der Waals surface area contributed by atoms with Crippen LogP contribution in [0.2, 0.25) is 0 Å². The van der Waals surface area contributed by atoms with Crippen LogP contribution in [0.3, 0.4) is 0 Å². The molecule has 0 aliphatic carbocycles. The zero-order chi connectivity index (χ0) is 16.9. The van der Waals surface area contributed by atoms with E-state index in [1.54, 1.807) is 12.3 Å². The van der Waals surface area contributed by atoms with Crippen molar-refractivity contribution in [2.75, 3.05) is 18.4 Å². The minimum Gasteiger partial charge on any atom is -0.474 e. The maximum absolute atomic E-state index is 10.9. The fourth-order valence-electron chi connectivity index (χ4n) is 2.58. The quantitative estimate of drug-likeness (QED) is 0.888. The third-order valence-corrected chi connectivity index (χ3v) is 3.81. The summed E-state index contributed by atoms with van der Waals surface area (Å²) in [4.78, 5) is 24.8. The van der Waals surface area contributed by atoms with E-state index >= 15 is 0 Å². The average Bonchev–Trinajstić information content (AvgIpc) is 2.56. The van der Waals surface area contributed by atoms with Gasteiger partial charge in [0.25, 0.3) is 0 Å². The lowest BCUT2D eigenvalue weighted by molar-refractivity contribution is 0.0870. The highest BCUT2D eigenvalue weighted by atomic mass is 16.5. The third-order valence-electron chi connectivity index (χ3n) is 3.81. The van der Waals surface area contributed by atoms with Crippen molar-refractivity contribution in [3.05, 3.63) is 36.4 Å². The fraction of sp³-hybridized carbons (Fsp3) is 0.375. The standard InChI is InChI=1S/C16H19N5O3/c1-11-8-12(2-5-17-11)20-14-9-15(19-10-18-14)24-13-3-6-21(7-4-13)16(22)23/h2,5,8-10,13H,3-4,6-7H2,1H3,(H,22,23)(H,17,18,19,20). The van der Waals surface area contributed by atoms with Gasteiger partial charge in [-0.1, -0.05) is 0 Å². The smallest absolute Gasteiger partial charge is 0.407 e. The van der Waals surface area contributed by atoms with E-state index in [1.807, 2.05) is 19.1 Å². The number of piperidine rings is 1. The van der Waals surface area contributed by atoms with Gasteiger partial charge >= 0.3 is 6.09 Å². The molecule has 3 heterocycles. The molecule has 2 aromatic heterocycles. The summed E-state index contributed by atoms with van der Waals surface area (Å²) in [5.41, 5.74) is 1.80. The van der Waals surface area contributed by atoms with E-state index in [4.69, 9.17) is 9.84 Å². The predicted molar refractivity (Wildman–Crippen MR) is 87.5 cm³/mol. The molecule has 24 heavy (non-hydrogen) atoms. The number of hydrogen-bond donors (Lipinski definition) is 2. The van der Waals surface area contributed by atoms with Crippen LogP contribution in [-0.4, -0.2) is 50.2 Å². The van der Waals surface area contributed by atoms with E-state index in [0.717, 1.165) is 11.4 Å². The molecule has 126 valence electrons. The van der Waals surface area contributed by atoms with Gasteiger partial charge in [-0.3, -0.25) is 4.98 Å². The van der Waals surface area contributed by atoms with Crippen molar-refractivity contribution >= 4 is 17.6 Å². The molecule has 0 spiro atoms. The zero-order valence-electron chi connectivity index (χ0n) is 13.3. The molecule has 8 nitrogen and oxygen atoms in total. The summed E-state index contributed by atoms with van der Waals surface area (Å²) in [6.07, 6.45) is 3.57. The number of likely N-dealkylation sites (tertiary alicyclic amines) is 1. The average molecular weight is 329 g/mol. The summed E-state index contributed by atoms with van der Waals surface area (Å²) >= 11 is 0. The number of aromatic nitrogens is 3. The first kappa shape index (κ1) is 16.0. The van der Waals surface area contributed by atoms with Crippen molar-refractivity contribution in [3.63, 3.8) is 0 Å². The van der Waals surface area contributed by atoms with E-state index < -0.39 is 6.09 Å².